The van der Waals surface area contributed by atoms with Gasteiger partial charge in [0.15, 0.2) is 0 Å². The largest absolute Gasteiger partial charge is 0.445 e. The Balaban J connectivity index is 1.58. The molecular weight excluding hydrogens is 342 g/mol. The molecule has 3 rings (SSSR count). The van der Waals surface area contributed by atoms with Crippen molar-refractivity contribution in [3.63, 3.8) is 0 Å². The Kier molecular flexibility index (Phi) is 5.94. The molecule has 6 heteroatoms. The zero-order valence-electron chi connectivity index (χ0n) is 16.7. The van der Waals surface area contributed by atoms with Crippen LogP contribution in [0.5, 0.6) is 0 Å². The van der Waals surface area contributed by atoms with Gasteiger partial charge in [-0.15, -0.1) is 0 Å². The fourth-order valence-electron chi connectivity index (χ4n) is 4.23. The molecule has 150 valence electrons. The summed E-state index contributed by atoms with van der Waals surface area (Å²) in [6.45, 7) is 7.06. The Morgan fingerprint density at radius 1 is 1.37 bits per heavy atom. The van der Waals surface area contributed by atoms with Crippen molar-refractivity contribution in [3.05, 3.63) is 23.3 Å². The molecule has 0 heterocycles. The van der Waals surface area contributed by atoms with E-state index in [0.717, 1.165) is 37.7 Å². The van der Waals surface area contributed by atoms with Crippen molar-refractivity contribution in [1.82, 2.24) is 10.6 Å². The van der Waals surface area contributed by atoms with Crippen LogP contribution in [-0.2, 0) is 9.53 Å². The van der Waals surface area contributed by atoms with Gasteiger partial charge in [0.1, 0.15) is 6.10 Å². The predicted octanol–water partition coefficient (Wildman–Crippen LogP) is 2.65. The van der Waals surface area contributed by atoms with Gasteiger partial charge in [-0.1, -0.05) is 37.1 Å². The van der Waals surface area contributed by atoms with E-state index < -0.39 is 11.5 Å². The van der Waals surface area contributed by atoms with E-state index in [1.807, 2.05) is 13.0 Å². The highest BCUT2D eigenvalue weighted by Gasteiger charge is 2.48. The van der Waals surface area contributed by atoms with Crippen molar-refractivity contribution in [1.29, 1.82) is 0 Å². The van der Waals surface area contributed by atoms with Gasteiger partial charge < -0.3 is 21.1 Å². The van der Waals surface area contributed by atoms with Crippen LogP contribution < -0.4 is 16.4 Å². The number of amides is 2. The van der Waals surface area contributed by atoms with Crippen molar-refractivity contribution in [2.45, 2.75) is 65.0 Å². The minimum absolute atomic E-state index is 0.144. The second-order valence-electron chi connectivity index (χ2n) is 8.83. The first-order valence-corrected chi connectivity index (χ1v) is 10.1. The van der Waals surface area contributed by atoms with Crippen LogP contribution in [0, 0.1) is 17.3 Å². The van der Waals surface area contributed by atoms with Gasteiger partial charge in [0, 0.05) is 36.9 Å². The van der Waals surface area contributed by atoms with Crippen molar-refractivity contribution in [2.75, 3.05) is 13.1 Å². The Morgan fingerprint density at radius 2 is 2.11 bits per heavy atom. The molecule has 4 unspecified atom stereocenters. The van der Waals surface area contributed by atoms with Crippen molar-refractivity contribution in [3.8, 4) is 0 Å². The van der Waals surface area contributed by atoms with Crippen LogP contribution in [0.3, 0.4) is 0 Å². The lowest BCUT2D eigenvalue weighted by Gasteiger charge is -2.41. The highest BCUT2D eigenvalue weighted by Crippen LogP contribution is 2.49. The SMILES string of the molecule is C/C(=C\CNC(=O)OC1CC2=CC(C)CC(C)(C(=O)NC3CC3)CC21)CN. The summed E-state index contributed by atoms with van der Waals surface area (Å²) >= 11 is 0. The quantitative estimate of drug-likeness (QED) is 0.622. The molecule has 2 amide bonds. The van der Waals surface area contributed by atoms with Crippen LogP contribution in [0.4, 0.5) is 4.79 Å². The molecule has 27 heavy (non-hydrogen) atoms. The molecule has 4 atom stereocenters. The number of nitrogens with one attached hydrogen (secondary N) is 2. The number of allylic oxidation sites excluding steroid dienone is 1. The maximum absolute atomic E-state index is 12.8. The normalized spacial score (nSPS) is 33.1. The maximum atomic E-state index is 12.8. The van der Waals surface area contributed by atoms with E-state index in [2.05, 4.69) is 30.6 Å². The molecule has 0 radical (unpaired) electrons. The molecule has 4 N–H and O–H groups in total. The molecule has 0 spiro atoms. The molecule has 0 aromatic heterocycles. The minimum Gasteiger partial charge on any atom is -0.445 e. The smallest absolute Gasteiger partial charge is 0.407 e. The average Bonchev–Trinajstić information content (AvgIpc) is 3.42. The van der Waals surface area contributed by atoms with Crippen molar-refractivity contribution in [2.24, 2.45) is 23.0 Å². The third kappa shape index (κ3) is 4.92. The van der Waals surface area contributed by atoms with E-state index in [9.17, 15) is 9.59 Å². The molecule has 2 fully saturated rings. The van der Waals surface area contributed by atoms with Gasteiger partial charge in [-0.3, -0.25) is 4.79 Å². The Hall–Kier alpha value is -1.82. The van der Waals surface area contributed by atoms with Crippen LogP contribution >= 0.6 is 0 Å². The van der Waals surface area contributed by atoms with E-state index >= 15 is 0 Å². The minimum atomic E-state index is -0.412. The van der Waals surface area contributed by atoms with Gasteiger partial charge in [-0.2, -0.15) is 0 Å². The second-order valence-corrected chi connectivity index (χ2v) is 8.83. The van der Waals surface area contributed by atoms with Gasteiger partial charge in [-0.25, -0.2) is 4.79 Å². The van der Waals surface area contributed by atoms with Crippen LogP contribution in [0.2, 0.25) is 0 Å². The zero-order valence-corrected chi connectivity index (χ0v) is 16.7. The second kappa shape index (κ2) is 8.05. The average molecular weight is 376 g/mol. The number of rotatable bonds is 6. The van der Waals surface area contributed by atoms with Crippen LogP contribution in [0.25, 0.3) is 0 Å². The molecule has 0 aromatic rings. The molecule has 6 nitrogen and oxygen atoms in total. The Bertz CT molecular complexity index is 653. The van der Waals surface area contributed by atoms with E-state index in [4.69, 9.17) is 10.5 Å². The number of hydrogen-bond donors (Lipinski definition) is 3. The number of carbonyl (C=O) groups is 2. The monoisotopic (exact) mass is 375 g/mol. The lowest BCUT2D eigenvalue weighted by molar-refractivity contribution is -0.132. The van der Waals surface area contributed by atoms with Gasteiger partial charge in [0.05, 0.1) is 0 Å². The molecule has 3 aliphatic carbocycles. The van der Waals surface area contributed by atoms with Crippen LogP contribution in [-0.4, -0.2) is 37.2 Å². The summed E-state index contributed by atoms with van der Waals surface area (Å²) in [5.41, 5.74) is 7.48. The fourth-order valence-corrected chi connectivity index (χ4v) is 4.23. The predicted molar refractivity (Wildman–Crippen MR) is 105 cm³/mol. The lowest BCUT2D eigenvalue weighted by Crippen LogP contribution is -2.46. The maximum Gasteiger partial charge on any atom is 0.407 e. The standard InChI is InChI=1S/C21H33N3O3/c1-13(12-22)6-7-23-20(26)27-18-9-15-8-14(2)10-21(3,11-17(15)18)19(25)24-16-4-5-16/h6,8,14,16-18H,4-5,7,9-12,22H2,1-3H3,(H,23,26)(H,24,25)/b13-6+. The summed E-state index contributed by atoms with van der Waals surface area (Å²) in [5.74, 6) is 0.667. The Labute approximate surface area is 162 Å². The number of hydrogen-bond acceptors (Lipinski definition) is 4. The zero-order chi connectivity index (χ0) is 19.6. The van der Waals surface area contributed by atoms with E-state index in [0.29, 0.717) is 25.0 Å². The topological polar surface area (TPSA) is 93.4 Å². The molecule has 3 aliphatic rings. The number of carbonyl (C=O) groups excluding carboxylic acids is 2. The molecule has 0 aliphatic heterocycles. The summed E-state index contributed by atoms with van der Waals surface area (Å²) in [5, 5.41) is 5.93. The summed E-state index contributed by atoms with van der Waals surface area (Å²) < 4.78 is 5.65. The number of ether oxygens (including phenoxy) is 1. The number of fused-ring (bicyclic) bond motifs is 1. The first-order chi connectivity index (χ1) is 12.8. The molecular formula is C21H33N3O3. The van der Waals surface area contributed by atoms with E-state index in [-0.39, 0.29) is 17.9 Å². The number of nitrogens with two attached hydrogens (primary N) is 1. The number of alkyl carbamates (subject to hydrolysis) is 1. The van der Waals surface area contributed by atoms with Gasteiger partial charge in [0.2, 0.25) is 5.91 Å². The third-order valence-corrected chi connectivity index (χ3v) is 6.04. The van der Waals surface area contributed by atoms with Crippen molar-refractivity contribution < 1.29 is 14.3 Å². The summed E-state index contributed by atoms with van der Waals surface area (Å²) in [6.07, 6.45) is 8.17. The van der Waals surface area contributed by atoms with E-state index in [1.165, 1.54) is 5.57 Å². The molecule has 0 bridgehead atoms. The highest BCUT2D eigenvalue weighted by atomic mass is 16.6. The van der Waals surface area contributed by atoms with E-state index in [1.54, 1.807) is 0 Å². The first kappa shape index (κ1) is 19.9. The van der Waals surface area contributed by atoms with Gasteiger partial charge >= 0.3 is 6.09 Å². The summed E-state index contributed by atoms with van der Waals surface area (Å²) in [6, 6.07) is 0.365. The van der Waals surface area contributed by atoms with Crippen molar-refractivity contribution >= 4 is 12.0 Å². The summed E-state index contributed by atoms with van der Waals surface area (Å²) in [7, 11) is 0. The lowest BCUT2D eigenvalue weighted by atomic mass is 9.68. The molecule has 0 saturated heterocycles. The highest BCUT2D eigenvalue weighted by molar-refractivity contribution is 5.83. The fraction of sp³-hybridized carbons (Fsp3) is 0.714. The molecule has 0 aromatic carbocycles. The Morgan fingerprint density at radius 3 is 2.78 bits per heavy atom. The van der Waals surface area contributed by atoms with Gasteiger partial charge in [-0.05, 0) is 38.5 Å². The summed E-state index contributed by atoms with van der Waals surface area (Å²) in [4.78, 5) is 24.9. The van der Waals surface area contributed by atoms with Gasteiger partial charge in [0.25, 0.3) is 0 Å². The van der Waals surface area contributed by atoms with Crippen LogP contribution in [0.1, 0.15) is 52.9 Å². The first-order valence-electron chi connectivity index (χ1n) is 10.1. The molecule has 2 saturated carbocycles. The third-order valence-electron chi connectivity index (χ3n) is 6.04. The van der Waals surface area contributed by atoms with Crippen LogP contribution in [0.15, 0.2) is 23.3 Å².